The fourth-order valence-electron chi connectivity index (χ4n) is 2.36. The molecule has 2 nitrogen and oxygen atoms in total. The van der Waals surface area contributed by atoms with Crippen LogP contribution < -0.4 is 5.32 Å². The van der Waals surface area contributed by atoms with Crippen molar-refractivity contribution in [1.29, 1.82) is 0 Å². The van der Waals surface area contributed by atoms with E-state index in [1.807, 2.05) is 0 Å². The standard InChI is InChI=1S/C11H11NO/c13-11-6-8-5-7-1-3-9(8)10(12-11)4-2-7/h1-5,7,9-10H,6H2,(H,12,13). The second kappa shape index (κ2) is 2.34. The highest BCUT2D eigenvalue weighted by atomic mass is 16.1. The first-order valence-corrected chi connectivity index (χ1v) is 4.69. The largest absolute Gasteiger partial charge is 0.349 e. The Bertz CT molecular complexity index is 351. The van der Waals surface area contributed by atoms with Crippen molar-refractivity contribution < 1.29 is 4.79 Å². The van der Waals surface area contributed by atoms with Gasteiger partial charge >= 0.3 is 0 Å². The lowest BCUT2D eigenvalue weighted by molar-refractivity contribution is -0.122. The molecule has 4 bridgehead atoms. The molecule has 0 saturated carbocycles. The van der Waals surface area contributed by atoms with Crippen molar-refractivity contribution in [3.05, 3.63) is 36.0 Å². The van der Waals surface area contributed by atoms with Gasteiger partial charge < -0.3 is 5.32 Å². The molecule has 66 valence electrons. The SMILES string of the molecule is O=C1CC2=CC3C=CC(N1)C2C=C3. The van der Waals surface area contributed by atoms with E-state index in [9.17, 15) is 4.79 Å². The van der Waals surface area contributed by atoms with E-state index in [0.717, 1.165) is 0 Å². The van der Waals surface area contributed by atoms with Crippen LogP contribution in [0.5, 0.6) is 0 Å². The third kappa shape index (κ3) is 0.981. The average molecular weight is 173 g/mol. The number of carbonyl (C=O) groups is 1. The summed E-state index contributed by atoms with van der Waals surface area (Å²) < 4.78 is 0. The molecule has 1 saturated heterocycles. The van der Waals surface area contributed by atoms with Crippen LogP contribution in [0.3, 0.4) is 0 Å². The van der Waals surface area contributed by atoms with E-state index in [1.54, 1.807) is 0 Å². The van der Waals surface area contributed by atoms with Crippen LogP contribution in [-0.4, -0.2) is 11.9 Å². The molecule has 0 aromatic rings. The van der Waals surface area contributed by atoms with Crippen LogP contribution in [0.15, 0.2) is 36.0 Å². The molecule has 0 aromatic carbocycles. The predicted octanol–water partition coefficient (Wildman–Crippen LogP) is 1.17. The van der Waals surface area contributed by atoms with E-state index >= 15 is 0 Å². The van der Waals surface area contributed by atoms with E-state index in [-0.39, 0.29) is 11.9 Å². The maximum Gasteiger partial charge on any atom is 0.224 e. The lowest BCUT2D eigenvalue weighted by Gasteiger charge is -2.31. The topological polar surface area (TPSA) is 29.1 Å². The molecular weight excluding hydrogens is 162 g/mol. The van der Waals surface area contributed by atoms with Gasteiger partial charge in [-0.25, -0.2) is 0 Å². The van der Waals surface area contributed by atoms with Gasteiger partial charge in [0.25, 0.3) is 0 Å². The smallest absolute Gasteiger partial charge is 0.224 e. The summed E-state index contributed by atoms with van der Waals surface area (Å²) in [6.45, 7) is 0. The zero-order valence-corrected chi connectivity index (χ0v) is 7.23. The van der Waals surface area contributed by atoms with Crippen LogP contribution in [0.1, 0.15) is 6.42 Å². The molecule has 4 aliphatic rings. The van der Waals surface area contributed by atoms with Gasteiger partial charge in [0.05, 0.1) is 6.04 Å². The molecule has 1 amide bonds. The molecule has 1 fully saturated rings. The summed E-state index contributed by atoms with van der Waals surface area (Å²) >= 11 is 0. The fourth-order valence-corrected chi connectivity index (χ4v) is 2.36. The normalized spacial score (nSPS) is 39.8. The second-order valence-corrected chi connectivity index (χ2v) is 3.88. The molecule has 13 heavy (non-hydrogen) atoms. The summed E-state index contributed by atoms with van der Waals surface area (Å²) in [6.07, 6.45) is 11.5. The molecule has 3 aliphatic carbocycles. The minimum Gasteiger partial charge on any atom is -0.349 e. The third-order valence-electron chi connectivity index (χ3n) is 3.00. The second-order valence-electron chi connectivity index (χ2n) is 3.88. The lowest BCUT2D eigenvalue weighted by atomic mass is 9.82. The molecule has 3 atom stereocenters. The Morgan fingerprint density at radius 2 is 2.08 bits per heavy atom. The Labute approximate surface area is 77.0 Å². The fraction of sp³-hybridized carbons (Fsp3) is 0.364. The zero-order valence-electron chi connectivity index (χ0n) is 7.23. The predicted molar refractivity (Wildman–Crippen MR) is 49.9 cm³/mol. The number of hydrogen-bond donors (Lipinski definition) is 1. The summed E-state index contributed by atoms with van der Waals surface area (Å²) in [7, 11) is 0. The summed E-state index contributed by atoms with van der Waals surface area (Å²) in [4.78, 5) is 11.3. The Morgan fingerprint density at radius 1 is 1.23 bits per heavy atom. The molecule has 3 unspecified atom stereocenters. The third-order valence-corrected chi connectivity index (χ3v) is 3.00. The Hall–Kier alpha value is -1.31. The van der Waals surface area contributed by atoms with Crippen molar-refractivity contribution in [2.24, 2.45) is 11.8 Å². The monoisotopic (exact) mass is 173 g/mol. The van der Waals surface area contributed by atoms with Gasteiger partial charge in [-0.1, -0.05) is 36.0 Å². The van der Waals surface area contributed by atoms with Crippen molar-refractivity contribution in [3.8, 4) is 0 Å². The van der Waals surface area contributed by atoms with E-state index in [0.29, 0.717) is 18.3 Å². The summed E-state index contributed by atoms with van der Waals surface area (Å²) in [5.74, 6) is 1.00. The minimum atomic E-state index is 0.160. The van der Waals surface area contributed by atoms with E-state index in [1.165, 1.54) is 5.57 Å². The van der Waals surface area contributed by atoms with Crippen molar-refractivity contribution in [3.63, 3.8) is 0 Å². The first-order valence-electron chi connectivity index (χ1n) is 4.69. The number of piperidine rings is 1. The molecule has 0 aromatic heterocycles. The van der Waals surface area contributed by atoms with Crippen molar-refractivity contribution >= 4 is 5.91 Å². The molecule has 0 spiro atoms. The van der Waals surface area contributed by atoms with Crippen LogP contribution in [0.4, 0.5) is 0 Å². The highest BCUT2D eigenvalue weighted by Crippen LogP contribution is 2.34. The molecule has 4 rings (SSSR count). The number of carbonyl (C=O) groups excluding carboxylic acids is 1. The quantitative estimate of drug-likeness (QED) is 0.547. The highest BCUT2D eigenvalue weighted by Gasteiger charge is 2.33. The Morgan fingerprint density at radius 3 is 3.00 bits per heavy atom. The van der Waals surface area contributed by atoms with Crippen molar-refractivity contribution in [2.45, 2.75) is 12.5 Å². The maximum atomic E-state index is 11.3. The van der Waals surface area contributed by atoms with Gasteiger partial charge in [0.1, 0.15) is 0 Å². The van der Waals surface area contributed by atoms with Gasteiger partial charge in [-0.15, -0.1) is 0 Å². The molecule has 1 N–H and O–H groups in total. The van der Waals surface area contributed by atoms with Crippen LogP contribution >= 0.6 is 0 Å². The first-order chi connectivity index (χ1) is 6.33. The van der Waals surface area contributed by atoms with E-state index < -0.39 is 0 Å². The van der Waals surface area contributed by atoms with Gasteiger partial charge in [0.15, 0.2) is 0 Å². The summed E-state index contributed by atoms with van der Waals surface area (Å²) in [5.41, 5.74) is 1.30. The van der Waals surface area contributed by atoms with Crippen molar-refractivity contribution in [2.75, 3.05) is 0 Å². The number of amides is 1. The number of allylic oxidation sites excluding steroid dienone is 3. The maximum absolute atomic E-state index is 11.3. The Kier molecular flexibility index (Phi) is 1.29. The van der Waals surface area contributed by atoms with Crippen LogP contribution in [0, 0.1) is 11.8 Å². The minimum absolute atomic E-state index is 0.160. The lowest BCUT2D eigenvalue weighted by Crippen LogP contribution is -2.44. The van der Waals surface area contributed by atoms with Gasteiger partial charge in [0, 0.05) is 18.3 Å². The van der Waals surface area contributed by atoms with Crippen LogP contribution in [-0.2, 0) is 4.79 Å². The highest BCUT2D eigenvalue weighted by molar-refractivity contribution is 5.81. The van der Waals surface area contributed by atoms with Crippen molar-refractivity contribution in [1.82, 2.24) is 5.32 Å². The Balaban J connectivity index is 2.09. The van der Waals surface area contributed by atoms with Crippen LogP contribution in [0.2, 0.25) is 0 Å². The van der Waals surface area contributed by atoms with Crippen LogP contribution in [0.25, 0.3) is 0 Å². The van der Waals surface area contributed by atoms with Gasteiger partial charge in [-0.05, 0) is 0 Å². The zero-order chi connectivity index (χ0) is 8.84. The molecule has 1 heterocycles. The van der Waals surface area contributed by atoms with E-state index in [2.05, 4.69) is 35.7 Å². The molecule has 0 radical (unpaired) electrons. The molecule has 2 heteroatoms. The molecule has 1 aliphatic heterocycles. The van der Waals surface area contributed by atoms with E-state index in [4.69, 9.17) is 0 Å². The number of hydrogen-bond acceptors (Lipinski definition) is 1. The van der Waals surface area contributed by atoms with Gasteiger partial charge in [0.2, 0.25) is 5.91 Å². The molecular formula is C11H11NO. The average Bonchev–Trinajstić information content (AvgIpc) is 2.35. The summed E-state index contributed by atoms with van der Waals surface area (Å²) in [5, 5.41) is 3.00. The number of rotatable bonds is 0. The summed E-state index contributed by atoms with van der Waals surface area (Å²) in [6, 6.07) is 0.205. The van der Waals surface area contributed by atoms with Gasteiger partial charge in [-0.3, -0.25) is 4.79 Å². The number of nitrogens with one attached hydrogen (secondary N) is 1. The first kappa shape index (κ1) is 7.13. The van der Waals surface area contributed by atoms with Gasteiger partial charge in [-0.2, -0.15) is 0 Å².